The van der Waals surface area contributed by atoms with Crippen LogP contribution in [0.5, 0.6) is 0 Å². The zero-order valence-electron chi connectivity index (χ0n) is 12.3. The molecule has 0 saturated carbocycles. The van der Waals surface area contributed by atoms with Crippen molar-refractivity contribution in [3.63, 3.8) is 0 Å². The van der Waals surface area contributed by atoms with E-state index in [0.29, 0.717) is 5.92 Å². The predicted octanol–water partition coefficient (Wildman–Crippen LogP) is 3.97. The van der Waals surface area contributed by atoms with E-state index in [1.54, 1.807) is 0 Å². The molecule has 0 spiro atoms. The summed E-state index contributed by atoms with van der Waals surface area (Å²) in [4.78, 5) is 0. The Kier molecular flexibility index (Phi) is 8.83. The van der Waals surface area contributed by atoms with Crippen LogP contribution in [0.2, 0.25) is 18.1 Å². The molecule has 0 saturated heterocycles. The highest BCUT2D eigenvalue weighted by Crippen LogP contribution is 2.22. The van der Waals surface area contributed by atoms with E-state index in [1.165, 1.54) is 18.1 Å². The van der Waals surface area contributed by atoms with Gasteiger partial charge in [0.2, 0.25) is 0 Å². The average Bonchev–Trinajstić information content (AvgIpc) is 2.38. The van der Waals surface area contributed by atoms with Crippen LogP contribution >= 0.6 is 0 Å². The summed E-state index contributed by atoms with van der Waals surface area (Å²) in [6.45, 7) is 12.0. The summed E-state index contributed by atoms with van der Waals surface area (Å²) in [5, 5.41) is 9.14. The zero-order valence-corrected chi connectivity index (χ0v) is 13.3. The van der Waals surface area contributed by atoms with Crippen LogP contribution in [0.3, 0.4) is 0 Å². The van der Waals surface area contributed by atoms with Crippen LogP contribution in [0.15, 0.2) is 11.6 Å². The third kappa shape index (κ3) is 5.84. The highest BCUT2D eigenvalue weighted by Gasteiger charge is 2.28. The van der Waals surface area contributed by atoms with Crippen LogP contribution in [-0.4, -0.2) is 26.6 Å². The lowest BCUT2D eigenvalue weighted by Gasteiger charge is -2.29. The Labute approximate surface area is 108 Å². The van der Waals surface area contributed by atoms with Gasteiger partial charge in [0.05, 0.1) is 6.61 Å². The van der Waals surface area contributed by atoms with Crippen LogP contribution in [0.4, 0.5) is 0 Å². The zero-order chi connectivity index (χ0) is 13.3. The van der Waals surface area contributed by atoms with E-state index in [2.05, 4.69) is 40.7 Å². The summed E-state index contributed by atoms with van der Waals surface area (Å²) in [5.41, 5.74) is 1.12. The van der Waals surface area contributed by atoms with Gasteiger partial charge in [-0.2, -0.15) is 0 Å². The molecule has 1 atom stereocenters. The Balaban J connectivity index is 4.30. The van der Waals surface area contributed by atoms with Crippen molar-refractivity contribution in [3.8, 4) is 0 Å². The maximum absolute atomic E-state index is 9.14. The standard InChI is InChI=1S/C14H30O2Si/c1-6-14(11-15)10-13(5)12-16-17(7-2,8-3)9-4/h10,13,15H,6-9,11-12H2,1-5H3/b14-10-/t13-/m0/s1. The minimum absolute atomic E-state index is 0.179. The SMILES string of the molecule is CC/C(=C/[C@H](C)CO[Si](CC)(CC)CC)CO. The quantitative estimate of drug-likeness (QED) is 0.501. The molecule has 0 heterocycles. The van der Waals surface area contributed by atoms with Crippen LogP contribution < -0.4 is 0 Å². The second-order valence-corrected chi connectivity index (χ2v) is 9.64. The minimum Gasteiger partial charge on any atom is -0.416 e. The van der Waals surface area contributed by atoms with Gasteiger partial charge < -0.3 is 9.53 Å². The summed E-state index contributed by atoms with van der Waals surface area (Å²) in [7, 11) is -1.44. The molecule has 0 aliphatic carbocycles. The summed E-state index contributed by atoms with van der Waals surface area (Å²) in [6.07, 6.45) is 3.10. The topological polar surface area (TPSA) is 29.5 Å². The van der Waals surface area contributed by atoms with Gasteiger partial charge in [0, 0.05) is 6.61 Å². The van der Waals surface area contributed by atoms with Crippen molar-refractivity contribution >= 4 is 8.32 Å². The summed E-state index contributed by atoms with van der Waals surface area (Å²) in [6, 6.07) is 3.62. The number of aliphatic hydroxyl groups is 1. The van der Waals surface area contributed by atoms with Crippen LogP contribution in [0.1, 0.15) is 41.0 Å². The van der Waals surface area contributed by atoms with Gasteiger partial charge in [0.1, 0.15) is 0 Å². The van der Waals surface area contributed by atoms with Crippen molar-refractivity contribution < 1.29 is 9.53 Å². The van der Waals surface area contributed by atoms with E-state index in [4.69, 9.17) is 9.53 Å². The Bertz CT molecular complexity index is 208. The van der Waals surface area contributed by atoms with Crippen molar-refractivity contribution in [1.82, 2.24) is 0 Å². The van der Waals surface area contributed by atoms with Crippen LogP contribution in [-0.2, 0) is 4.43 Å². The van der Waals surface area contributed by atoms with E-state index in [9.17, 15) is 0 Å². The fraction of sp³-hybridized carbons (Fsp3) is 0.857. The minimum atomic E-state index is -1.44. The molecule has 1 N–H and O–H groups in total. The Morgan fingerprint density at radius 3 is 2.06 bits per heavy atom. The van der Waals surface area contributed by atoms with Gasteiger partial charge in [-0.15, -0.1) is 0 Å². The van der Waals surface area contributed by atoms with Crippen LogP contribution in [0, 0.1) is 5.92 Å². The molecule has 0 rings (SSSR count). The van der Waals surface area contributed by atoms with Gasteiger partial charge in [0.15, 0.2) is 8.32 Å². The Morgan fingerprint density at radius 2 is 1.71 bits per heavy atom. The monoisotopic (exact) mass is 258 g/mol. The van der Waals surface area contributed by atoms with Gasteiger partial charge >= 0.3 is 0 Å². The number of hydrogen-bond donors (Lipinski definition) is 1. The van der Waals surface area contributed by atoms with Gasteiger partial charge in [-0.25, -0.2) is 0 Å². The molecule has 0 aromatic rings. The highest BCUT2D eigenvalue weighted by atomic mass is 28.4. The molecule has 0 aromatic carbocycles. The van der Waals surface area contributed by atoms with Gasteiger partial charge in [-0.1, -0.05) is 40.7 Å². The molecule has 0 fully saturated rings. The van der Waals surface area contributed by atoms with E-state index in [1.807, 2.05) is 0 Å². The third-order valence-corrected chi connectivity index (χ3v) is 8.41. The molecule has 2 nitrogen and oxygen atoms in total. The molecule has 0 radical (unpaired) electrons. The van der Waals surface area contributed by atoms with Crippen LogP contribution in [0.25, 0.3) is 0 Å². The third-order valence-electron chi connectivity index (χ3n) is 3.76. The van der Waals surface area contributed by atoms with Gasteiger partial charge in [0.25, 0.3) is 0 Å². The van der Waals surface area contributed by atoms with Crippen molar-refractivity contribution in [2.75, 3.05) is 13.2 Å². The first-order chi connectivity index (χ1) is 8.07. The Morgan fingerprint density at radius 1 is 1.18 bits per heavy atom. The molecule has 0 amide bonds. The molecular formula is C14H30O2Si. The highest BCUT2D eigenvalue weighted by molar-refractivity contribution is 6.73. The van der Waals surface area contributed by atoms with Gasteiger partial charge in [-0.3, -0.25) is 0 Å². The Hall–Kier alpha value is -0.123. The molecule has 0 unspecified atom stereocenters. The first-order valence-corrected chi connectivity index (χ1v) is 9.54. The maximum atomic E-state index is 9.14. The van der Waals surface area contributed by atoms with Crippen molar-refractivity contribution in [3.05, 3.63) is 11.6 Å². The lowest BCUT2D eigenvalue weighted by atomic mass is 10.1. The smallest absolute Gasteiger partial charge is 0.192 e. The molecule has 0 bridgehead atoms. The fourth-order valence-corrected chi connectivity index (χ4v) is 4.83. The first kappa shape index (κ1) is 16.9. The molecule has 102 valence electrons. The summed E-state index contributed by atoms with van der Waals surface area (Å²) < 4.78 is 6.24. The fourth-order valence-electron chi connectivity index (χ4n) is 2.10. The molecule has 0 aliphatic heterocycles. The van der Waals surface area contributed by atoms with Crippen molar-refractivity contribution in [2.45, 2.75) is 59.2 Å². The lowest BCUT2D eigenvalue weighted by molar-refractivity contribution is 0.266. The normalized spacial score (nSPS) is 15.1. The molecule has 17 heavy (non-hydrogen) atoms. The van der Waals surface area contributed by atoms with E-state index in [-0.39, 0.29) is 6.61 Å². The van der Waals surface area contributed by atoms with E-state index < -0.39 is 8.32 Å². The molecule has 0 aromatic heterocycles. The van der Waals surface area contributed by atoms with E-state index in [0.717, 1.165) is 18.6 Å². The molecule has 3 heteroatoms. The first-order valence-electron chi connectivity index (χ1n) is 7.01. The average molecular weight is 258 g/mol. The van der Waals surface area contributed by atoms with Crippen molar-refractivity contribution in [2.24, 2.45) is 5.92 Å². The molecular weight excluding hydrogens is 228 g/mol. The maximum Gasteiger partial charge on any atom is 0.192 e. The number of rotatable bonds is 9. The summed E-state index contributed by atoms with van der Waals surface area (Å²) >= 11 is 0. The molecule has 0 aliphatic rings. The predicted molar refractivity (Wildman–Crippen MR) is 77.8 cm³/mol. The second-order valence-electron chi connectivity index (χ2n) is 4.87. The number of hydrogen-bond acceptors (Lipinski definition) is 2. The number of aliphatic hydroxyl groups excluding tert-OH is 1. The second kappa shape index (κ2) is 8.89. The summed E-state index contributed by atoms with van der Waals surface area (Å²) in [5.74, 6) is 0.411. The largest absolute Gasteiger partial charge is 0.416 e. The van der Waals surface area contributed by atoms with Crippen molar-refractivity contribution in [1.29, 1.82) is 0 Å². The van der Waals surface area contributed by atoms with Gasteiger partial charge in [-0.05, 0) is 36.0 Å². The van der Waals surface area contributed by atoms with E-state index >= 15 is 0 Å². The lowest BCUT2D eigenvalue weighted by Crippen LogP contribution is -2.37.